The number of methoxy groups -OCH3 is 1. The van der Waals surface area contributed by atoms with Crippen molar-refractivity contribution >= 4 is 23.2 Å². The lowest BCUT2D eigenvalue weighted by Crippen LogP contribution is -2.44. The molecular formula is C25H32N2O5S. The zero-order valence-electron chi connectivity index (χ0n) is 19.2. The average Bonchev–Trinajstić information content (AvgIpc) is 3.60. The van der Waals surface area contributed by atoms with Gasteiger partial charge >= 0.3 is 0 Å². The third-order valence-electron chi connectivity index (χ3n) is 6.21. The van der Waals surface area contributed by atoms with Gasteiger partial charge in [-0.15, -0.1) is 11.3 Å². The highest BCUT2D eigenvalue weighted by Crippen LogP contribution is 2.33. The monoisotopic (exact) mass is 472 g/mol. The van der Waals surface area contributed by atoms with Crippen LogP contribution in [0.3, 0.4) is 0 Å². The summed E-state index contributed by atoms with van der Waals surface area (Å²) in [5, 5.41) is 2.01. The van der Waals surface area contributed by atoms with Gasteiger partial charge in [0.05, 0.1) is 13.1 Å². The Morgan fingerprint density at radius 2 is 1.91 bits per heavy atom. The molecule has 0 saturated heterocycles. The van der Waals surface area contributed by atoms with Crippen LogP contribution in [-0.4, -0.2) is 55.2 Å². The van der Waals surface area contributed by atoms with E-state index in [1.165, 1.54) is 0 Å². The second kappa shape index (κ2) is 11.5. The molecule has 1 fully saturated rings. The molecule has 1 aliphatic heterocycles. The lowest BCUT2D eigenvalue weighted by Gasteiger charge is -2.29. The number of nitrogens with zero attached hydrogens (tertiary/aromatic N) is 2. The molecule has 2 heterocycles. The van der Waals surface area contributed by atoms with E-state index in [9.17, 15) is 9.59 Å². The summed E-state index contributed by atoms with van der Waals surface area (Å²) in [6, 6.07) is 9.79. The Balaban J connectivity index is 1.48. The van der Waals surface area contributed by atoms with E-state index in [4.69, 9.17) is 14.2 Å². The minimum Gasteiger partial charge on any atom is -0.454 e. The number of thiophene rings is 1. The molecule has 2 amide bonds. The summed E-state index contributed by atoms with van der Waals surface area (Å²) in [4.78, 5) is 31.4. The number of ether oxygens (including phenoxy) is 3. The van der Waals surface area contributed by atoms with E-state index in [1.807, 2.05) is 40.6 Å². The van der Waals surface area contributed by atoms with Gasteiger partial charge in [-0.1, -0.05) is 25.0 Å². The van der Waals surface area contributed by atoms with Crippen molar-refractivity contribution in [1.82, 2.24) is 9.80 Å². The van der Waals surface area contributed by atoms with E-state index >= 15 is 0 Å². The van der Waals surface area contributed by atoms with E-state index in [2.05, 4.69) is 0 Å². The molecule has 0 radical (unpaired) electrons. The summed E-state index contributed by atoms with van der Waals surface area (Å²) < 4.78 is 16.1. The first-order chi connectivity index (χ1) is 16.1. The van der Waals surface area contributed by atoms with Crippen molar-refractivity contribution in [3.63, 3.8) is 0 Å². The Hall–Kier alpha value is -2.58. The van der Waals surface area contributed by atoms with E-state index in [-0.39, 0.29) is 31.1 Å². The maximum Gasteiger partial charge on any atom is 0.242 e. The summed E-state index contributed by atoms with van der Waals surface area (Å²) in [7, 11) is 1.66. The van der Waals surface area contributed by atoms with Gasteiger partial charge in [-0.3, -0.25) is 9.59 Å². The van der Waals surface area contributed by atoms with Crippen LogP contribution in [0.4, 0.5) is 0 Å². The van der Waals surface area contributed by atoms with Crippen LogP contribution >= 0.6 is 11.3 Å². The molecule has 7 nitrogen and oxygen atoms in total. The standard InChI is InChI=1S/C25H32N2O5S/c1-30-12-5-11-26(25(29)20-6-2-3-7-20)17-24(28)27(16-21-8-4-13-33-21)15-19-9-10-22-23(14-19)32-18-31-22/h4,8-10,13-14,20H,2-3,5-7,11-12,15-18H2,1H3. The van der Waals surface area contributed by atoms with Crippen LogP contribution in [0.1, 0.15) is 42.5 Å². The highest BCUT2D eigenvalue weighted by atomic mass is 32.1. The number of carbonyl (C=O) groups excluding carboxylic acids is 2. The predicted octanol–water partition coefficient (Wildman–Crippen LogP) is 4.06. The Labute approximate surface area is 199 Å². The molecule has 4 rings (SSSR count). The first-order valence-corrected chi connectivity index (χ1v) is 12.5. The van der Waals surface area contributed by atoms with Crippen molar-refractivity contribution < 1.29 is 23.8 Å². The van der Waals surface area contributed by atoms with Crippen LogP contribution in [0.5, 0.6) is 11.5 Å². The lowest BCUT2D eigenvalue weighted by molar-refractivity contribution is -0.143. The number of fused-ring (bicyclic) bond motifs is 1. The number of carbonyl (C=O) groups is 2. The molecule has 33 heavy (non-hydrogen) atoms. The Kier molecular flexibility index (Phi) is 8.23. The summed E-state index contributed by atoms with van der Waals surface area (Å²) >= 11 is 1.63. The fraction of sp³-hybridized carbons (Fsp3) is 0.520. The maximum absolute atomic E-state index is 13.5. The topological polar surface area (TPSA) is 68.3 Å². The van der Waals surface area contributed by atoms with Crippen molar-refractivity contribution in [2.45, 2.75) is 45.2 Å². The second-order valence-corrected chi connectivity index (χ2v) is 9.64. The number of benzene rings is 1. The van der Waals surface area contributed by atoms with Gasteiger partial charge in [-0.25, -0.2) is 0 Å². The first-order valence-electron chi connectivity index (χ1n) is 11.6. The van der Waals surface area contributed by atoms with E-state index in [0.717, 1.165) is 48.3 Å². The van der Waals surface area contributed by atoms with Gasteiger partial charge in [0.25, 0.3) is 0 Å². The van der Waals surface area contributed by atoms with Crippen LogP contribution in [0, 0.1) is 5.92 Å². The molecule has 0 spiro atoms. The average molecular weight is 473 g/mol. The van der Waals surface area contributed by atoms with Crippen LogP contribution in [-0.2, 0) is 27.4 Å². The van der Waals surface area contributed by atoms with E-state index in [0.29, 0.717) is 32.0 Å². The summed E-state index contributed by atoms with van der Waals surface area (Å²) in [6.07, 6.45) is 4.74. The minimum absolute atomic E-state index is 0.0416. The van der Waals surface area contributed by atoms with Crippen LogP contribution in [0.2, 0.25) is 0 Å². The first kappa shape index (κ1) is 23.6. The molecule has 2 aromatic rings. The third kappa shape index (κ3) is 6.26. The van der Waals surface area contributed by atoms with Gasteiger partial charge in [0.1, 0.15) is 0 Å². The molecule has 2 aliphatic rings. The van der Waals surface area contributed by atoms with Gasteiger partial charge in [0.15, 0.2) is 11.5 Å². The van der Waals surface area contributed by atoms with Gasteiger partial charge < -0.3 is 24.0 Å². The fourth-order valence-electron chi connectivity index (χ4n) is 4.44. The van der Waals surface area contributed by atoms with E-state index < -0.39 is 0 Å². The van der Waals surface area contributed by atoms with Crippen LogP contribution in [0.25, 0.3) is 0 Å². The van der Waals surface area contributed by atoms with Gasteiger partial charge in [-0.2, -0.15) is 0 Å². The van der Waals surface area contributed by atoms with Gasteiger partial charge in [0.2, 0.25) is 18.6 Å². The number of amides is 2. The normalized spacial score (nSPS) is 15.1. The fourth-order valence-corrected chi connectivity index (χ4v) is 5.16. The number of rotatable bonds is 11. The predicted molar refractivity (Wildman–Crippen MR) is 126 cm³/mol. The Morgan fingerprint density at radius 3 is 2.67 bits per heavy atom. The molecule has 8 heteroatoms. The van der Waals surface area contributed by atoms with Crippen molar-refractivity contribution in [2.24, 2.45) is 5.92 Å². The highest BCUT2D eigenvalue weighted by molar-refractivity contribution is 7.09. The maximum atomic E-state index is 13.5. The largest absolute Gasteiger partial charge is 0.454 e. The summed E-state index contributed by atoms with van der Waals surface area (Å²) in [5.74, 6) is 1.52. The van der Waals surface area contributed by atoms with E-state index in [1.54, 1.807) is 23.3 Å². The smallest absolute Gasteiger partial charge is 0.242 e. The number of hydrogen-bond acceptors (Lipinski definition) is 6. The number of hydrogen-bond donors (Lipinski definition) is 0. The Morgan fingerprint density at radius 1 is 1.09 bits per heavy atom. The summed E-state index contributed by atoms with van der Waals surface area (Å²) in [6.45, 7) is 2.36. The quantitative estimate of drug-likeness (QED) is 0.462. The molecule has 0 bridgehead atoms. The summed E-state index contributed by atoms with van der Waals surface area (Å²) in [5.41, 5.74) is 0.970. The highest BCUT2D eigenvalue weighted by Gasteiger charge is 2.29. The third-order valence-corrected chi connectivity index (χ3v) is 7.07. The van der Waals surface area contributed by atoms with Crippen molar-refractivity contribution in [2.75, 3.05) is 33.6 Å². The minimum atomic E-state index is -0.0511. The molecule has 0 N–H and O–H groups in total. The van der Waals surface area contributed by atoms with Crippen LogP contribution in [0.15, 0.2) is 35.7 Å². The molecule has 0 atom stereocenters. The molecule has 1 saturated carbocycles. The molecule has 1 aliphatic carbocycles. The lowest BCUT2D eigenvalue weighted by atomic mass is 10.1. The second-order valence-electron chi connectivity index (χ2n) is 8.60. The van der Waals surface area contributed by atoms with Gasteiger partial charge in [-0.05, 0) is 48.4 Å². The molecule has 1 aromatic carbocycles. The van der Waals surface area contributed by atoms with Crippen molar-refractivity contribution in [3.8, 4) is 11.5 Å². The SMILES string of the molecule is COCCCN(CC(=O)N(Cc1ccc2c(c1)OCO2)Cc1cccs1)C(=O)C1CCCC1. The van der Waals surface area contributed by atoms with Crippen molar-refractivity contribution in [1.29, 1.82) is 0 Å². The van der Waals surface area contributed by atoms with Crippen molar-refractivity contribution in [3.05, 3.63) is 46.2 Å². The molecule has 1 aromatic heterocycles. The Bertz CT molecular complexity index is 927. The van der Waals surface area contributed by atoms with Crippen LogP contribution < -0.4 is 9.47 Å². The zero-order valence-corrected chi connectivity index (χ0v) is 20.0. The van der Waals surface area contributed by atoms with Gasteiger partial charge in [0, 0.05) is 37.6 Å². The molecular weight excluding hydrogens is 440 g/mol. The molecule has 178 valence electrons. The zero-order chi connectivity index (χ0) is 23.0. The molecule has 0 unspecified atom stereocenters.